The highest BCUT2D eigenvalue weighted by Crippen LogP contribution is 2.22. The lowest BCUT2D eigenvalue weighted by molar-refractivity contribution is 0.0384. The summed E-state index contributed by atoms with van der Waals surface area (Å²) in [5, 5.41) is 0. The molecule has 18 heavy (non-hydrogen) atoms. The van der Waals surface area contributed by atoms with E-state index >= 15 is 0 Å². The Morgan fingerprint density at radius 1 is 1.22 bits per heavy atom. The van der Waals surface area contributed by atoms with Crippen molar-refractivity contribution in [1.82, 2.24) is 0 Å². The molecule has 6 heteroatoms. The summed E-state index contributed by atoms with van der Waals surface area (Å²) in [6.45, 7) is 2.40. The Kier molecular flexibility index (Phi) is 8.45. The molecule has 1 heterocycles. The Bertz CT molecular complexity index is 354. The number of hydrogen-bond donors (Lipinski definition) is 0. The number of thiophene rings is 1. The highest BCUT2D eigenvalue weighted by Gasteiger charge is 2.08. The second-order valence-corrected chi connectivity index (χ2v) is 6.00. The second kappa shape index (κ2) is 9.63. The first-order valence-electron chi connectivity index (χ1n) is 5.67. The van der Waals surface area contributed by atoms with Crippen LogP contribution >= 0.6 is 27.3 Å². The van der Waals surface area contributed by atoms with Gasteiger partial charge in [0.05, 0.1) is 21.9 Å². The molecule has 0 amide bonds. The third-order valence-electron chi connectivity index (χ3n) is 2.09. The summed E-state index contributed by atoms with van der Waals surface area (Å²) in [6, 6.07) is 3.65. The molecule has 1 rings (SSSR count). The molecule has 0 atom stereocenters. The maximum Gasteiger partial charge on any atom is 0.198 e. The SMILES string of the molecule is COCCCOCCOCC(=O)c1ccc(Br)s1. The molecule has 1 aromatic rings. The summed E-state index contributed by atoms with van der Waals surface area (Å²) in [7, 11) is 1.66. The molecule has 1 aromatic heterocycles. The zero-order valence-electron chi connectivity index (χ0n) is 10.3. The van der Waals surface area contributed by atoms with E-state index in [2.05, 4.69) is 15.9 Å². The van der Waals surface area contributed by atoms with Gasteiger partial charge in [-0.2, -0.15) is 0 Å². The summed E-state index contributed by atoms with van der Waals surface area (Å²) in [5.41, 5.74) is 0. The van der Waals surface area contributed by atoms with Crippen LogP contribution in [0.5, 0.6) is 0 Å². The maximum atomic E-state index is 11.6. The highest BCUT2D eigenvalue weighted by atomic mass is 79.9. The summed E-state index contributed by atoms with van der Waals surface area (Å²) >= 11 is 4.73. The van der Waals surface area contributed by atoms with Gasteiger partial charge in [-0.25, -0.2) is 0 Å². The Labute approximate surface area is 119 Å². The van der Waals surface area contributed by atoms with E-state index in [1.807, 2.05) is 6.07 Å². The number of methoxy groups -OCH3 is 1. The largest absolute Gasteiger partial charge is 0.385 e. The molecule has 0 bridgehead atoms. The van der Waals surface area contributed by atoms with Gasteiger partial charge in [-0.15, -0.1) is 11.3 Å². The third kappa shape index (κ3) is 6.61. The van der Waals surface area contributed by atoms with Crippen LogP contribution in [0.3, 0.4) is 0 Å². The predicted molar refractivity (Wildman–Crippen MR) is 74.5 cm³/mol. The van der Waals surface area contributed by atoms with Gasteiger partial charge in [0.2, 0.25) is 0 Å². The van der Waals surface area contributed by atoms with Gasteiger partial charge in [0.15, 0.2) is 5.78 Å². The van der Waals surface area contributed by atoms with Crippen LogP contribution in [0.4, 0.5) is 0 Å². The van der Waals surface area contributed by atoms with E-state index in [1.165, 1.54) is 11.3 Å². The normalized spacial score (nSPS) is 10.8. The van der Waals surface area contributed by atoms with Crippen molar-refractivity contribution in [2.75, 3.05) is 40.1 Å². The van der Waals surface area contributed by atoms with Gasteiger partial charge in [0, 0.05) is 20.3 Å². The summed E-state index contributed by atoms with van der Waals surface area (Å²) in [6.07, 6.45) is 0.874. The lowest BCUT2D eigenvalue weighted by Crippen LogP contribution is -2.12. The predicted octanol–water partition coefficient (Wildman–Crippen LogP) is 2.76. The zero-order chi connectivity index (χ0) is 13.2. The van der Waals surface area contributed by atoms with Crippen LogP contribution in [0.2, 0.25) is 0 Å². The maximum absolute atomic E-state index is 11.6. The number of ether oxygens (including phenoxy) is 3. The molecule has 102 valence electrons. The monoisotopic (exact) mass is 336 g/mol. The van der Waals surface area contributed by atoms with Crippen molar-refractivity contribution in [3.63, 3.8) is 0 Å². The van der Waals surface area contributed by atoms with Gasteiger partial charge in [0.25, 0.3) is 0 Å². The van der Waals surface area contributed by atoms with Gasteiger partial charge in [-0.05, 0) is 34.5 Å². The van der Waals surface area contributed by atoms with Crippen molar-refractivity contribution < 1.29 is 19.0 Å². The standard InChI is InChI=1S/C12H17BrO4S/c1-15-5-2-6-16-7-8-17-9-10(14)11-3-4-12(13)18-11/h3-4H,2,5-9H2,1H3. The average Bonchev–Trinajstić information content (AvgIpc) is 2.79. The van der Waals surface area contributed by atoms with Crippen molar-refractivity contribution in [3.8, 4) is 0 Å². The van der Waals surface area contributed by atoms with E-state index in [0.29, 0.717) is 31.3 Å². The van der Waals surface area contributed by atoms with Gasteiger partial charge in [0.1, 0.15) is 6.61 Å². The Morgan fingerprint density at radius 3 is 2.67 bits per heavy atom. The molecule has 0 aromatic carbocycles. The number of hydrogen-bond acceptors (Lipinski definition) is 5. The Morgan fingerprint density at radius 2 is 2.00 bits per heavy atom. The van der Waals surface area contributed by atoms with Crippen LogP contribution in [0.25, 0.3) is 0 Å². The van der Waals surface area contributed by atoms with Crippen LogP contribution in [-0.4, -0.2) is 45.9 Å². The molecule has 0 N–H and O–H groups in total. The minimum Gasteiger partial charge on any atom is -0.385 e. The van der Waals surface area contributed by atoms with Gasteiger partial charge in [-0.1, -0.05) is 0 Å². The lowest BCUT2D eigenvalue weighted by atomic mass is 10.3. The van der Waals surface area contributed by atoms with Crippen LogP contribution in [0.15, 0.2) is 15.9 Å². The summed E-state index contributed by atoms with van der Waals surface area (Å²) in [5.74, 6) is 0.00471. The van der Waals surface area contributed by atoms with E-state index in [-0.39, 0.29) is 12.4 Å². The highest BCUT2D eigenvalue weighted by molar-refractivity contribution is 9.11. The first kappa shape index (κ1) is 15.8. The van der Waals surface area contributed by atoms with Crippen LogP contribution in [0, 0.1) is 0 Å². The van der Waals surface area contributed by atoms with E-state index in [4.69, 9.17) is 14.2 Å². The van der Waals surface area contributed by atoms with E-state index < -0.39 is 0 Å². The van der Waals surface area contributed by atoms with Gasteiger partial charge >= 0.3 is 0 Å². The lowest BCUT2D eigenvalue weighted by Gasteiger charge is -2.04. The Balaban J connectivity index is 1.99. The number of halogens is 1. The average molecular weight is 337 g/mol. The number of ketones is 1. The fraction of sp³-hybridized carbons (Fsp3) is 0.583. The molecule has 0 fully saturated rings. The van der Waals surface area contributed by atoms with Crippen molar-refractivity contribution in [3.05, 3.63) is 20.8 Å². The summed E-state index contributed by atoms with van der Waals surface area (Å²) < 4.78 is 16.4. The Hall–Kier alpha value is -0.270. The molecule has 0 aliphatic carbocycles. The fourth-order valence-electron chi connectivity index (χ4n) is 1.23. The number of rotatable bonds is 10. The summed E-state index contributed by atoms with van der Waals surface area (Å²) in [4.78, 5) is 12.4. The van der Waals surface area contributed by atoms with Gasteiger partial charge < -0.3 is 14.2 Å². The van der Waals surface area contributed by atoms with Crippen LogP contribution in [0.1, 0.15) is 16.1 Å². The second-order valence-electron chi connectivity index (χ2n) is 3.54. The molecule has 0 radical (unpaired) electrons. The minimum atomic E-state index is 0.00471. The molecule has 0 aliphatic heterocycles. The van der Waals surface area contributed by atoms with Crippen LogP contribution in [-0.2, 0) is 14.2 Å². The smallest absolute Gasteiger partial charge is 0.198 e. The zero-order valence-corrected chi connectivity index (χ0v) is 12.7. The van der Waals surface area contributed by atoms with E-state index in [9.17, 15) is 4.79 Å². The molecule has 0 spiro atoms. The van der Waals surface area contributed by atoms with E-state index in [0.717, 1.165) is 10.2 Å². The molecule has 0 aliphatic rings. The molecule has 0 saturated heterocycles. The minimum absolute atomic E-state index is 0.00471. The molecule has 0 unspecified atom stereocenters. The third-order valence-corrected chi connectivity index (χ3v) is 3.76. The topological polar surface area (TPSA) is 44.8 Å². The number of carbonyl (C=O) groups is 1. The molecular formula is C12H17BrO4S. The number of carbonyl (C=O) groups excluding carboxylic acids is 1. The fourth-order valence-corrected chi connectivity index (χ4v) is 2.54. The number of Topliss-reactive ketones (excluding diaryl/α,β-unsaturated/α-hetero) is 1. The van der Waals surface area contributed by atoms with Crippen molar-refractivity contribution in [2.24, 2.45) is 0 Å². The van der Waals surface area contributed by atoms with Crippen molar-refractivity contribution in [2.45, 2.75) is 6.42 Å². The molecular weight excluding hydrogens is 320 g/mol. The van der Waals surface area contributed by atoms with Gasteiger partial charge in [-0.3, -0.25) is 4.79 Å². The first-order valence-corrected chi connectivity index (χ1v) is 7.28. The van der Waals surface area contributed by atoms with E-state index in [1.54, 1.807) is 13.2 Å². The quantitative estimate of drug-likeness (QED) is 0.486. The van der Waals surface area contributed by atoms with Crippen molar-refractivity contribution >= 4 is 33.0 Å². The molecule has 4 nitrogen and oxygen atoms in total. The van der Waals surface area contributed by atoms with Crippen molar-refractivity contribution in [1.29, 1.82) is 0 Å². The molecule has 0 saturated carbocycles. The van der Waals surface area contributed by atoms with Crippen LogP contribution < -0.4 is 0 Å². The first-order chi connectivity index (χ1) is 8.74.